The van der Waals surface area contributed by atoms with Crippen molar-refractivity contribution in [3.8, 4) is 0 Å². The Hall–Kier alpha value is -1.88. The molecule has 20 heavy (non-hydrogen) atoms. The summed E-state index contributed by atoms with van der Waals surface area (Å²) in [6, 6.07) is 7.05. The third-order valence-corrected chi connectivity index (χ3v) is 3.56. The number of carbonyl (C=O) groups excluding carboxylic acids is 1. The molecule has 1 fully saturated rings. The topological polar surface area (TPSA) is 75.6 Å². The van der Waals surface area contributed by atoms with E-state index < -0.39 is 11.4 Å². The van der Waals surface area contributed by atoms with Crippen molar-refractivity contribution in [1.82, 2.24) is 0 Å². The number of amides is 1. The van der Waals surface area contributed by atoms with Gasteiger partial charge >= 0.3 is 5.97 Å². The first kappa shape index (κ1) is 14.5. The highest BCUT2D eigenvalue weighted by atomic mass is 16.5. The number of carboxylic acids is 1. The van der Waals surface area contributed by atoms with Crippen molar-refractivity contribution in [1.29, 1.82) is 0 Å². The minimum absolute atomic E-state index is 0.106. The van der Waals surface area contributed by atoms with E-state index in [-0.39, 0.29) is 5.91 Å². The lowest BCUT2D eigenvalue weighted by molar-refractivity contribution is -0.140. The van der Waals surface area contributed by atoms with Gasteiger partial charge in [0.05, 0.1) is 18.4 Å². The lowest BCUT2D eigenvalue weighted by Crippen LogP contribution is -2.19. The van der Waals surface area contributed by atoms with E-state index in [0.717, 1.165) is 5.56 Å². The molecular formula is C15H19NO4. The van der Waals surface area contributed by atoms with Gasteiger partial charge in [-0.2, -0.15) is 0 Å². The standard InChI is InChI=1S/C15H19NO4/c1-2-20-10-7-13(17)16-12-5-3-11(4-6-12)15(8-9-15)14(18)19/h3-6H,2,7-10H2,1H3,(H,16,17)(H,18,19). The van der Waals surface area contributed by atoms with Crippen LogP contribution in [0.5, 0.6) is 0 Å². The number of rotatable bonds is 7. The van der Waals surface area contributed by atoms with E-state index in [0.29, 0.717) is 38.2 Å². The van der Waals surface area contributed by atoms with Crippen LogP contribution in [-0.2, 0) is 19.7 Å². The lowest BCUT2D eigenvalue weighted by Gasteiger charge is -2.11. The van der Waals surface area contributed by atoms with Crippen LogP contribution in [0.1, 0.15) is 31.7 Å². The van der Waals surface area contributed by atoms with E-state index in [1.165, 1.54) is 0 Å². The summed E-state index contributed by atoms with van der Waals surface area (Å²) in [6.07, 6.45) is 1.68. The van der Waals surface area contributed by atoms with E-state index in [1.54, 1.807) is 24.3 Å². The number of ether oxygens (including phenoxy) is 1. The average Bonchev–Trinajstić information content (AvgIpc) is 3.21. The molecule has 1 aliphatic carbocycles. The molecule has 2 rings (SSSR count). The first-order valence-electron chi connectivity index (χ1n) is 6.80. The van der Waals surface area contributed by atoms with Gasteiger partial charge in [-0.05, 0) is 37.5 Å². The van der Waals surface area contributed by atoms with Crippen molar-refractivity contribution < 1.29 is 19.4 Å². The third-order valence-electron chi connectivity index (χ3n) is 3.56. The zero-order valence-electron chi connectivity index (χ0n) is 11.5. The smallest absolute Gasteiger partial charge is 0.314 e. The van der Waals surface area contributed by atoms with Gasteiger partial charge < -0.3 is 15.2 Å². The van der Waals surface area contributed by atoms with Gasteiger partial charge in [0.2, 0.25) is 5.91 Å². The van der Waals surface area contributed by atoms with Crippen LogP contribution in [0.2, 0.25) is 0 Å². The molecule has 108 valence electrons. The van der Waals surface area contributed by atoms with Crippen molar-refractivity contribution in [2.75, 3.05) is 18.5 Å². The van der Waals surface area contributed by atoms with Crippen molar-refractivity contribution in [2.24, 2.45) is 0 Å². The molecule has 0 spiro atoms. The normalized spacial score (nSPS) is 15.7. The minimum atomic E-state index is -0.772. The van der Waals surface area contributed by atoms with Crippen LogP contribution >= 0.6 is 0 Å². The Bertz CT molecular complexity index is 491. The summed E-state index contributed by atoms with van der Waals surface area (Å²) in [5.41, 5.74) is 0.783. The summed E-state index contributed by atoms with van der Waals surface area (Å²) in [5, 5.41) is 12.0. The Morgan fingerprint density at radius 3 is 2.45 bits per heavy atom. The van der Waals surface area contributed by atoms with Crippen LogP contribution in [0.15, 0.2) is 24.3 Å². The monoisotopic (exact) mass is 277 g/mol. The number of nitrogens with one attached hydrogen (secondary N) is 1. The molecule has 2 N–H and O–H groups in total. The average molecular weight is 277 g/mol. The highest BCUT2D eigenvalue weighted by Crippen LogP contribution is 2.48. The van der Waals surface area contributed by atoms with Crippen LogP contribution in [0.25, 0.3) is 0 Å². The number of anilines is 1. The van der Waals surface area contributed by atoms with Gasteiger partial charge in [0.15, 0.2) is 0 Å². The third kappa shape index (κ3) is 3.17. The predicted octanol–water partition coefficient (Wildman–Crippen LogP) is 2.17. The summed E-state index contributed by atoms with van der Waals surface area (Å²) >= 11 is 0. The fraction of sp³-hybridized carbons (Fsp3) is 0.467. The summed E-state index contributed by atoms with van der Waals surface area (Å²) in [5.74, 6) is -0.878. The summed E-state index contributed by atoms with van der Waals surface area (Å²) in [4.78, 5) is 22.8. The molecular weight excluding hydrogens is 258 g/mol. The van der Waals surface area contributed by atoms with E-state index in [2.05, 4.69) is 5.32 Å². The van der Waals surface area contributed by atoms with Gasteiger partial charge in [0.25, 0.3) is 0 Å². The SMILES string of the molecule is CCOCCC(=O)Nc1ccc(C2(C(=O)O)CC2)cc1. The maximum atomic E-state index is 11.6. The molecule has 0 radical (unpaired) electrons. The van der Waals surface area contributed by atoms with Crippen molar-refractivity contribution >= 4 is 17.6 Å². The maximum Gasteiger partial charge on any atom is 0.314 e. The van der Waals surface area contributed by atoms with Gasteiger partial charge in [0.1, 0.15) is 0 Å². The second-order valence-corrected chi connectivity index (χ2v) is 4.96. The van der Waals surface area contributed by atoms with Crippen LogP contribution in [0.4, 0.5) is 5.69 Å². The van der Waals surface area contributed by atoms with Gasteiger partial charge in [0, 0.05) is 12.3 Å². The fourth-order valence-corrected chi connectivity index (χ4v) is 2.16. The Labute approximate surface area is 117 Å². The van der Waals surface area contributed by atoms with E-state index in [9.17, 15) is 14.7 Å². The lowest BCUT2D eigenvalue weighted by atomic mass is 9.96. The second-order valence-electron chi connectivity index (χ2n) is 4.96. The Morgan fingerprint density at radius 2 is 1.95 bits per heavy atom. The summed E-state index contributed by atoms with van der Waals surface area (Å²) in [7, 11) is 0. The molecule has 0 saturated heterocycles. The van der Waals surface area contributed by atoms with Gasteiger partial charge in [-0.15, -0.1) is 0 Å². The van der Waals surface area contributed by atoms with Crippen LogP contribution in [0, 0.1) is 0 Å². The number of hydrogen-bond donors (Lipinski definition) is 2. The minimum Gasteiger partial charge on any atom is -0.481 e. The maximum absolute atomic E-state index is 11.6. The highest BCUT2D eigenvalue weighted by Gasteiger charge is 2.51. The van der Waals surface area contributed by atoms with Gasteiger partial charge in [-0.3, -0.25) is 9.59 Å². The van der Waals surface area contributed by atoms with Gasteiger partial charge in [-0.25, -0.2) is 0 Å². The Kier molecular flexibility index (Phi) is 4.39. The molecule has 1 aliphatic rings. The first-order valence-corrected chi connectivity index (χ1v) is 6.80. The molecule has 0 heterocycles. The quantitative estimate of drug-likeness (QED) is 0.749. The number of carboxylic acid groups (broad SMARTS) is 1. The van der Waals surface area contributed by atoms with E-state index >= 15 is 0 Å². The Morgan fingerprint density at radius 1 is 1.30 bits per heavy atom. The van der Waals surface area contributed by atoms with E-state index in [4.69, 9.17) is 4.74 Å². The number of hydrogen-bond acceptors (Lipinski definition) is 3. The molecule has 1 amide bonds. The molecule has 0 aromatic heterocycles. The zero-order valence-corrected chi connectivity index (χ0v) is 11.5. The molecule has 5 nitrogen and oxygen atoms in total. The van der Waals surface area contributed by atoms with Crippen LogP contribution < -0.4 is 5.32 Å². The second kappa shape index (κ2) is 6.05. The van der Waals surface area contributed by atoms with Crippen molar-refractivity contribution in [3.63, 3.8) is 0 Å². The molecule has 1 aromatic rings. The fourth-order valence-electron chi connectivity index (χ4n) is 2.16. The molecule has 0 atom stereocenters. The van der Waals surface area contributed by atoms with Crippen LogP contribution in [-0.4, -0.2) is 30.2 Å². The van der Waals surface area contributed by atoms with Crippen LogP contribution in [0.3, 0.4) is 0 Å². The number of carbonyl (C=O) groups is 2. The van der Waals surface area contributed by atoms with E-state index in [1.807, 2.05) is 6.92 Å². The number of aliphatic carboxylic acids is 1. The molecule has 0 aliphatic heterocycles. The zero-order chi connectivity index (χ0) is 14.6. The largest absolute Gasteiger partial charge is 0.481 e. The predicted molar refractivity (Wildman–Crippen MR) is 74.7 cm³/mol. The molecule has 1 saturated carbocycles. The van der Waals surface area contributed by atoms with Gasteiger partial charge in [-0.1, -0.05) is 12.1 Å². The highest BCUT2D eigenvalue weighted by molar-refractivity contribution is 5.91. The van der Waals surface area contributed by atoms with Crippen molar-refractivity contribution in [2.45, 2.75) is 31.6 Å². The molecule has 0 bridgehead atoms. The first-order chi connectivity index (χ1) is 9.58. The number of benzene rings is 1. The summed E-state index contributed by atoms with van der Waals surface area (Å²) < 4.78 is 5.11. The summed E-state index contributed by atoms with van der Waals surface area (Å²) in [6.45, 7) is 2.88. The molecule has 0 unspecified atom stereocenters. The van der Waals surface area contributed by atoms with Crippen molar-refractivity contribution in [3.05, 3.63) is 29.8 Å². The molecule has 5 heteroatoms. The Balaban J connectivity index is 1.92. The molecule has 1 aromatic carbocycles.